The summed E-state index contributed by atoms with van der Waals surface area (Å²) in [6, 6.07) is 5.74. The Balaban J connectivity index is 1.18. The zero-order chi connectivity index (χ0) is 21.9. The molecule has 8 heteroatoms. The second-order valence-electron chi connectivity index (χ2n) is 9.79. The number of carbonyl (C=O) groups is 3. The molecule has 1 unspecified atom stereocenters. The first-order valence-electron chi connectivity index (χ1n) is 11.5. The fourth-order valence-electron chi connectivity index (χ4n) is 5.93. The number of nitrogens with one attached hydrogen (secondary N) is 2. The Morgan fingerprint density at radius 1 is 1.06 bits per heavy atom. The van der Waals surface area contributed by atoms with Crippen LogP contribution in [0.15, 0.2) is 30.6 Å². The molecule has 2 aromatic rings. The Labute approximate surface area is 186 Å². The lowest BCUT2D eigenvalue weighted by atomic mass is 9.60. The highest BCUT2D eigenvalue weighted by Gasteiger charge is 2.45. The molecule has 1 aromatic carbocycles. The minimum Gasteiger partial charge on any atom is -0.322 e. The standard InChI is InChI=1S/C24H27N5O3/c30-21-4-3-20(22(31)27-21)28-13-16-9-15(1-2-19(16)23(28)32)17-12-26-29(14-17)18-10-24(11-18)5-7-25-8-6-24/h1-2,9,12,14,18,20,25H,3-8,10-11,13H2,(H,27,30,31). The van der Waals surface area contributed by atoms with Crippen LogP contribution in [0.4, 0.5) is 0 Å². The molecule has 1 spiro atoms. The van der Waals surface area contributed by atoms with E-state index < -0.39 is 6.04 Å². The van der Waals surface area contributed by atoms with E-state index in [2.05, 4.69) is 26.6 Å². The van der Waals surface area contributed by atoms with Gasteiger partial charge in [0.1, 0.15) is 6.04 Å². The zero-order valence-corrected chi connectivity index (χ0v) is 18.0. The monoisotopic (exact) mass is 433 g/mol. The number of carbonyl (C=O) groups excluding carboxylic acids is 3. The first-order valence-corrected chi connectivity index (χ1v) is 11.5. The van der Waals surface area contributed by atoms with E-state index in [-0.39, 0.29) is 24.1 Å². The Morgan fingerprint density at radius 2 is 1.88 bits per heavy atom. The Kier molecular flexibility index (Phi) is 4.47. The van der Waals surface area contributed by atoms with E-state index in [1.807, 2.05) is 24.4 Å². The van der Waals surface area contributed by atoms with Gasteiger partial charge in [0, 0.05) is 30.3 Å². The fourth-order valence-corrected chi connectivity index (χ4v) is 5.93. The lowest BCUT2D eigenvalue weighted by molar-refractivity contribution is -0.136. The molecular formula is C24H27N5O3. The van der Waals surface area contributed by atoms with Gasteiger partial charge in [-0.2, -0.15) is 5.10 Å². The third-order valence-corrected chi connectivity index (χ3v) is 7.83. The number of hydrogen-bond acceptors (Lipinski definition) is 5. The summed E-state index contributed by atoms with van der Waals surface area (Å²) < 4.78 is 2.11. The summed E-state index contributed by atoms with van der Waals surface area (Å²) in [5.41, 5.74) is 4.14. The molecule has 4 aliphatic rings. The lowest BCUT2D eigenvalue weighted by Gasteiger charge is -2.50. The average molecular weight is 434 g/mol. The molecule has 0 radical (unpaired) electrons. The summed E-state index contributed by atoms with van der Waals surface area (Å²) in [7, 11) is 0. The number of fused-ring (bicyclic) bond motifs is 1. The van der Waals surface area contributed by atoms with E-state index in [0.29, 0.717) is 30.0 Å². The number of nitrogens with zero attached hydrogens (tertiary/aromatic N) is 3. The van der Waals surface area contributed by atoms with Gasteiger partial charge < -0.3 is 10.2 Å². The van der Waals surface area contributed by atoms with Gasteiger partial charge >= 0.3 is 0 Å². The van der Waals surface area contributed by atoms with E-state index >= 15 is 0 Å². The van der Waals surface area contributed by atoms with Gasteiger partial charge in [-0.1, -0.05) is 6.07 Å². The van der Waals surface area contributed by atoms with Crippen LogP contribution in [0.5, 0.6) is 0 Å². The van der Waals surface area contributed by atoms with E-state index in [9.17, 15) is 14.4 Å². The number of rotatable bonds is 3. The number of amides is 3. The van der Waals surface area contributed by atoms with E-state index in [1.165, 1.54) is 25.7 Å². The van der Waals surface area contributed by atoms with Gasteiger partial charge in [0.2, 0.25) is 11.8 Å². The highest BCUT2D eigenvalue weighted by Crippen LogP contribution is 2.53. The van der Waals surface area contributed by atoms with Gasteiger partial charge in [0.25, 0.3) is 5.91 Å². The number of piperidine rings is 2. The lowest BCUT2D eigenvalue weighted by Crippen LogP contribution is -2.52. The molecule has 2 saturated heterocycles. The van der Waals surface area contributed by atoms with E-state index in [0.717, 1.165) is 29.8 Å². The molecule has 3 amide bonds. The van der Waals surface area contributed by atoms with Crippen LogP contribution in [-0.2, 0) is 16.1 Å². The smallest absolute Gasteiger partial charge is 0.255 e. The maximum Gasteiger partial charge on any atom is 0.255 e. The van der Waals surface area contributed by atoms with Crippen molar-refractivity contribution in [1.29, 1.82) is 0 Å². The number of aromatic nitrogens is 2. The van der Waals surface area contributed by atoms with Crippen molar-refractivity contribution in [1.82, 2.24) is 25.3 Å². The van der Waals surface area contributed by atoms with Crippen molar-refractivity contribution >= 4 is 17.7 Å². The maximum atomic E-state index is 12.9. The van der Waals surface area contributed by atoms with Crippen molar-refractivity contribution in [2.24, 2.45) is 5.41 Å². The minimum atomic E-state index is -0.584. The second-order valence-corrected chi connectivity index (χ2v) is 9.79. The van der Waals surface area contributed by atoms with Crippen molar-refractivity contribution in [2.75, 3.05) is 13.1 Å². The number of imide groups is 1. The van der Waals surface area contributed by atoms with E-state index in [4.69, 9.17) is 0 Å². The van der Waals surface area contributed by atoms with Crippen LogP contribution in [-0.4, -0.2) is 51.5 Å². The maximum absolute atomic E-state index is 12.9. The van der Waals surface area contributed by atoms with Crippen molar-refractivity contribution in [3.63, 3.8) is 0 Å². The van der Waals surface area contributed by atoms with Crippen LogP contribution in [0.3, 0.4) is 0 Å². The van der Waals surface area contributed by atoms with Gasteiger partial charge in [-0.25, -0.2) is 0 Å². The molecule has 1 atom stereocenters. The fraction of sp³-hybridized carbons (Fsp3) is 0.500. The molecule has 1 aromatic heterocycles. The van der Waals surface area contributed by atoms with Gasteiger partial charge in [0.05, 0.1) is 12.2 Å². The normalized spacial score (nSPS) is 25.1. The molecule has 6 rings (SSSR count). The summed E-state index contributed by atoms with van der Waals surface area (Å²) in [6.45, 7) is 2.64. The van der Waals surface area contributed by atoms with Crippen molar-refractivity contribution in [3.8, 4) is 11.1 Å². The van der Waals surface area contributed by atoms with Crippen LogP contribution in [0, 0.1) is 5.41 Å². The highest BCUT2D eigenvalue weighted by atomic mass is 16.2. The average Bonchev–Trinajstić information content (AvgIpc) is 3.38. The van der Waals surface area contributed by atoms with Crippen molar-refractivity contribution < 1.29 is 14.4 Å². The van der Waals surface area contributed by atoms with Gasteiger partial charge in [-0.15, -0.1) is 0 Å². The summed E-state index contributed by atoms with van der Waals surface area (Å²) in [4.78, 5) is 38.2. The molecule has 1 saturated carbocycles. The van der Waals surface area contributed by atoms with Crippen LogP contribution in [0.1, 0.15) is 60.5 Å². The Bertz CT molecular complexity index is 1110. The SMILES string of the molecule is O=C1CCC(N2Cc3cc(-c4cnn(C5CC6(CCNCC6)C5)c4)ccc3C2=O)C(=O)N1. The molecule has 4 heterocycles. The molecule has 166 valence electrons. The highest BCUT2D eigenvalue weighted by molar-refractivity contribution is 6.05. The molecule has 8 nitrogen and oxygen atoms in total. The summed E-state index contributed by atoms with van der Waals surface area (Å²) in [5.74, 6) is -0.790. The largest absolute Gasteiger partial charge is 0.322 e. The molecule has 3 fully saturated rings. The first kappa shape index (κ1) is 19.7. The Morgan fingerprint density at radius 3 is 2.66 bits per heavy atom. The predicted molar refractivity (Wildman–Crippen MR) is 117 cm³/mol. The molecule has 3 aliphatic heterocycles. The zero-order valence-electron chi connectivity index (χ0n) is 18.0. The van der Waals surface area contributed by atoms with Gasteiger partial charge in [-0.3, -0.25) is 24.4 Å². The minimum absolute atomic E-state index is 0.140. The third kappa shape index (κ3) is 3.16. The second kappa shape index (κ2) is 7.27. The topological polar surface area (TPSA) is 96.3 Å². The van der Waals surface area contributed by atoms with Crippen molar-refractivity contribution in [3.05, 3.63) is 41.7 Å². The van der Waals surface area contributed by atoms with Crippen LogP contribution in [0.2, 0.25) is 0 Å². The molecular weight excluding hydrogens is 406 g/mol. The third-order valence-electron chi connectivity index (χ3n) is 7.83. The van der Waals surface area contributed by atoms with Crippen LogP contribution >= 0.6 is 0 Å². The van der Waals surface area contributed by atoms with Gasteiger partial charge in [-0.05, 0) is 73.9 Å². The van der Waals surface area contributed by atoms with E-state index in [1.54, 1.807) is 4.90 Å². The first-order chi connectivity index (χ1) is 15.5. The number of benzene rings is 1. The predicted octanol–water partition coefficient (Wildman–Crippen LogP) is 2.02. The van der Waals surface area contributed by atoms with Gasteiger partial charge in [0.15, 0.2) is 0 Å². The van der Waals surface area contributed by atoms with Crippen LogP contribution in [0.25, 0.3) is 11.1 Å². The van der Waals surface area contributed by atoms with Crippen LogP contribution < -0.4 is 10.6 Å². The summed E-state index contributed by atoms with van der Waals surface area (Å²) in [5, 5.41) is 10.4. The number of hydrogen-bond donors (Lipinski definition) is 2. The molecule has 1 aliphatic carbocycles. The molecule has 0 bridgehead atoms. The van der Waals surface area contributed by atoms with Crippen molar-refractivity contribution in [2.45, 2.75) is 57.2 Å². The summed E-state index contributed by atoms with van der Waals surface area (Å²) >= 11 is 0. The quantitative estimate of drug-likeness (QED) is 0.722. The summed E-state index contributed by atoms with van der Waals surface area (Å²) in [6.07, 6.45) is 9.60. The Hall–Kier alpha value is -3.00. The molecule has 2 N–H and O–H groups in total. The molecule has 32 heavy (non-hydrogen) atoms.